The minimum absolute atomic E-state index is 0.0375. The van der Waals surface area contributed by atoms with Gasteiger partial charge in [0.2, 0.25) is 5.95 Å². The molecule has 0 amide bonds. The van der Waals surface area contributed by atoms with Gasteiger partial charge in [0.05, 0.1) is 5.69 Å². The Balaban J connectivity index is 1.34. The summed E-state index contributed by atoms with van der Waals surface area (Å²) in [4.78, 5) is 15.9. The van der Waals surface area contributed by atoms with E-state index in [9.17, 15) is 0 Å². The van der Waals surface area contributed by atoms with Crippen LogP contribution < -0.4 is 20.3 Å². The van der Waals surface area contributed by atoms with Gasteiger partial charge in [0, 0.05) is 59.2 Å². The lowest BCUT2D eigenvalue weighted by Crippen LogP contribution is -2.44. The Kier molecular flexibility index (Phi) is 8.02. The predicted molar refractivity (Wildman–Crippen MR) is 164 cm³/mol. The maximum Gasteiger partial charge on any atom is 0.229 e. The highest BCUT2D eigenvalue weighted by Gasteiger charge is 2.20. The number of aromatic nitrogens is 2. The average molecular weight is 532 g/mol. The summed E-state index contributed by atoms with van der Waals surface area (Å²) in [6.07, 6.45) is 3.12. The molecule has 1 atom stereocenters. The summed E-state index contributed by atoms with van der Waals surface area (Å²) in [6, 6.07) is 17.3. The first kappa shape index (κ1) is 26.7. The molecule has 1 fully saturated rings. The van der Waals surface area contributed by atoms with Crippen molar-refractivity contribution in [3.8, 4) is 0 Å². The second-order valence-electron chi connectivity index (χ2n) is 11.2. The van der Waals surface area contributed by atoms with Gasteiger partial charge in [0.1, 0.15) is 5.82 Å². The molecule has 38 heavy (non-hydrogen) atoms. The summed E-state index contributed by atoms with van der Waals surface area (Å²) in [7, 11) is 2.05. The van der Waals surface area contributed by atoms with Crippen LogP contribution in [0.5, 0.6) is 0 Å². The third-order valence-electron chi connectivity index (χ3n) is 6.93. The number of hydrogen-bond donors (Lipinski definition) is 3. The first-order valence-electron chi connectivity index (χ1n) is 13.7. The number of piperazine rings is 1. The second-order valence-corrected chi connectivity index (χ2v) is 13.0. The number of benzene rings is 2. The van der Waals surface area contributed by atoms with E-state index in [0.29, 0.717) is 5.95 Å². The van der Waals surface area contributed by atoms with Gasteiger partial charge >= 0.3 is 0 Å². The molecule has 2 aliphatic rings. The lowest BCUT2D eigenvalue weighted by Gasteiger charge is -2.34. The number of rotatable bonds is 7. The molecule has 1 saturated heterocycles. The van der Waals surface area contributed by atoms with E-state index >= 15 is 0 Å². The summed E-state index contributed by atoms with van der Waals surface area (Å²) >= 11 is 0. The first-order chi connectivity index (χ1) is 18.3. The second kappa shape index (κ2) is 11.4. The lowest BCUT2D eigenvalue weighted by atomic mass is 10.1. The van der Waals surface area contributed by atoms with Crippen molar-refractivity contribution in [1.29, 1.82) is 0 Å². The van der Waals surface area contributed by atoms with E-state index in [-0.39, 0.29) is 16.2 Å². The van der Waals surface area contributed by atoms with Gasteiger partial charge in [0.15, 0.2) is 0 Å². The molecule has 1 aliphatic carbocycles. The summed E-state index contributed by atoms with van der Waals surface area (Å²) in [5, 5.41) is 9.33. The van der Waals surface area contributed by atoms with Crippen LogP contribution in [0.15, 0.2) is 53.4 Å². The molecule has 1 aliphatic heterocycles. The Morgan fingerprint density at radius 1 is 0.895 bits per heavy atom. The molecule has 2 heterocycles. The van der Waals surface area contributed by atoms with Crippen molar-refractivity contribution < 1.29 is 0 Å². The fraction of sp³-hybridized carbons (Fsp3) is 0.433. The molecule has 5 rings (SSSR count). The molecule has 0 bridgehead atoms. The van der Waals surface area contributed by atoms with Crippen LogP contribution >= 0.6 is 10.7 Å². The van der Waals surface area contributed by atoms with Gasteiger partial charge in [-0.05, 0) is 102 Å². The van der Waals surface area contributed by atoms with Crippen LogP contribution in [0.3, 0.4) is 0 Å². The van der Waals surface area contributed by atoms with Crippen molar-refractivity contribution in [2.45, 2.75) is 57.4 Å². The van der Waals surface area contributed by atoms with E-state index in [1.165, 1.54) is 16.1 Å². The van der Waals surface area contributed by atoms with Crippen LogP contribution in [-0.4, -0.2) is 59.0 Å². The van der Waals surface area contributed by atoms with Gasteiger partial charge in [-0.15, -0.1) is 0 Å². The summed E-state index contributed by atoms with van der Waals surface area (Å²) in [5.74, 6) is 1.55. The third-order valence-corrected chi connectivity index (χ3v) is 8.99. The average Bonchev–Trinajstić information content (AvgIpc) is 3.37. The number of nitrogens with zero attached hydrogens (tertiary/aromatic N) is 4. The van der Waals surface area contributed by atoms with Gasteiger partial charge < -0.3 is 20.4 Å². The smallest absolute Gasteiger partial charge is 0.229 e. The standard InChI is InChI=1S/C30H41N7S/c1-6-38(35-30(2,3)4)25-10-7-9-23(21-25)31-28-26-11-8-12-27(26)33-29(34-28)32-22-13-15-24(16-14-22)37-19-17-36(5)18-20-37/h6-7,9-10,13-16,21,35H,8,11-12,17-20H2,1-5H3,(H2,31,32,33,34). The third kappa shape index (κ3) is 6.54. The van der Waals surface area contributed by atoms with E-state index in [0.717, 1.165) is 68.3 Å². The quantitative estimate of drug-likeness (QED) is 0.325. The van der Waals surface area contributed by atoms with E-state index in [2.05, 4.69) is 114 Å². The van der Waals surface area contributed by atoms with Crippen LogP contribution in [0.1, 0.15) is 45.4 Å². The predicted octanol–water partition coefficient (Wildman–Crippen LogP) is 5.96. The summed E-state index contributed by atoms with van der Waals surface area (Å²) < 4.78 is 3.72. The molecule has 8 heteroatoms. The van der Waals surface area contributed by atoms with E-state index < -0.39 is 0 Å². The van der Waals surface area contributed by atoms with E-state index in [1.807, 2.05) is 0 Å². The summed E-state index contributed by atoms with van der Waals surface area (Å²) in [5.41, 5.74) is 5.74. The molecule has 2 aromatic carbocycles. The molecule has 3 aromatic rings. The van der Waals surface area contributed by atoms with Crippen LogP contribution in [-0.2, 0) is 12.8 Å². The van der Waals surface area contributed by atoms with Crippen molar-refractivity contribution in [2.24, 2.45) is 0 Å². The minimum atomic E-state index is -0.135. The van der Waals surface area contributed by atoms with Gasteiger partial charge in [-0.3, -0.25) is 4.72 Å². The number of anilines is 5. The van der Waals surface area contributed by atoms with E-state index in [1.54, 1.807) is 0 Å². The Morgan fingerprint density at radius 2 is 1.66 bits per heavy atom. The van der Waals surface area contributed by atoms with Crippen molar-refractivity contribution in [1.82, 2.24) is 19.6 Å². The SMILES string of the molecule is C/C=S(/NC(C)(C)C)c1cccc(Nc2nc(Nc3ccc(N4CCN(C)CC4)cc3)nc3c2CCC3)c1. The molecule has 202 valence electrons. The zero-order valence-electron chi connectivity index (χ0n) is 23.3. The number of nitrogens with one attached hydrogen (secondary N) is 3. The van der Waals surface area contributed by atoms with Crippen molar-refractivity contribution in [3.05, 3.63) is 59.8 Å². The molecule has 0 saturated carbocycles. The molecule has 7 nitrogen and oxygen atoms in total. The maximum absolute atomic E-state index is 4.94. The lowest BCUT2D eigenvalue weighted by molar-refractivity contribution is 0.313. The monoisotopic (exact) mass is 531 g/mol. The normalized spacial score (nSPS) is 16.9. The van der Waals surface area contributed by atoms with Crippen LogP contribution in [0.25, 0.3) is 0 Å². The van der Waals surface area contributed by atoms with Crippen LogP contribution in [0.4, 0.5) is 28.8 Å². The highest BCUT2D eigenvalue weighted by Crippen LogP contribution is 2.33. The van der Waals surface area contributed by atoms with Gasteiger partial charge in [-0.2, -0.15) is 4.98 Å². The topological polar surface area (TPSA) is 68.4 Å². The fourth-order valence-electron chi connectivity index (χ4n) is 4.97. The zero-order valence-corrected chi connectivity index (χ0v) is 24.2. The minimum Gasteiger partial charge on any atom is -0.369 e. The fourth-order valence-corrected chi connectivity index (χ4v) is 6.62. The van der Waals surface area contributed by atoms with Crippen LogP contribution in [0.2, 0.25) is 0 Å². The van der Waals surface area contributed by atoms with Gasteiger partial charge in [0.25, 0.3) is 0 Å². The highest BCUT2D eigenvalue weighted by molar-refractivity contribution is 8.13. The molecular formula is C30H41N7S. The highest BCUT2D eigenvalue weighted by atomic mass is 32.2. The molecule has 0 spiro atoms. The van der Waals surface area contributed by atoms with E-state index in [4.69, 9.17) is 9.97 Å². The van der Waals surface area contributed by atoms with Gasteiger partial charge in [-0.25, -0.2) is 4.98 Å². The molecule has 1 aromatic heterocycles. The largest absolute Gasteiger partial charge is 0.369 e. The number of aryl methyl sites for hydroxylation is 1. The Morgan fingerprint density at radius 3 is 2.37 bits per heavy atom. The number of hydrogen-bond acceptors (Lipinski definition) is 7. The Labute approximate surface area is 230 Å². The summed E-state index contributed by atoms with van der Waals surface area (Å²) in [6.45, 7) is 13.1. The molecule has 1 unspecified atom stereocenters. The zero-order chi connectivity index (χ0) is 26.7. The first-order valence-corrected chi connectivity index (χ1v) is 14.9. The van der Waals surface area contributed by atoms with Crippen LogP contribution in [0, 0.1) is 0 Å². The van der Waals surface area contributed by atoms with Crippen molar-refractivity contribution >= 4 is 44.9 Å². The van der Waals surface area contributed by atoms with Gasteiger partial charge in [-0.1, -0.05) is 16.7 Å². The van der Waals surface area contributed by atoms with Crippen molar-refractivity contribution in [2.75, 3.05) is 48.8 Å². The molecule has 3 N–H and O–H groups in total. The molecular weight excluding hydrogens is 490 g/mol. The Hall–Kier alpha value is -2.94. The number of fused-ring (bicyclic) bond motifs is 1. The Bertz CT molecular complexity index is 1290. The molecule has 0 radical (unpaired) electrons. The number of likely N-dealkylation sites (N-methyl/N-ethyl adjacent to an activating group) is 1. The maximum atomic E-state index is 4.94. The van der Waals surface area contributed by atoms with Crippen molar-refractivity contribution in [3.63, 3.8) is 0 Å².